The van der Waals surface area contributed by atoms with Gasteiger partial charge in [0.1, 0.15) is 5.82 Å². The Morgan fingerprint density at radius 1 is 1.02 bits per heavy atom. The van der Waals surface area contributed by atoms with Crippen LogP contribution in [-0.2, 0) is 24.2 Å². The highest BCUT2D eigenvalue weighted by molar-refractivity contribution is 9.10. The first-order valence-electron chi connectivity index (χ1n) is 14.5. The number of nitrogens with zero attached hydrogens (tertiary/aromatic N) is 2. The van der Waals surface area contributed by atoms with Crippen LogP contribution < -0.4 is 20.1 Å². The van der Waals surface area contributed by atoms with Crippen molar-refractivity contribution in [1.82, 2.24) is 15.1 Å². The maximum Gasteiger partial charge on any atom is 0.251 e. The van der Waals surface area contributed by atoms with Crippen LogP contribution in [0.5, 0.6) is 11.5 Å². The summed E-state index contributed by atoms with van der Waals surface area (Å²) in [7, 11) is 0. The molecule has 1 aromatic heterocycles. The molecule has 2 N–H and O–H groups in total. The van der Waals surface area contributed by atoms with Crippen molar-refractivity contribution in [3.63, 3.8) is 0 Å². The van der Waals surface area contributed by atoms with Gasteiger partial charge < -0.3 is 20.1 Å². The van der Waals surface area contributed by atoms with Gasteiger partial charge in [-0.05, 0) is 80.7 Å². The third-order valence-corrected chi connectivity index (χ3v) is 8.67. The number of benzene rings is 3. The van der Waals surface area contributed by atoms with E-state index in [4.69, 9.17) is 9.47 Å². The van der Waals surface area contributed by atoms with Crippen molar-refractivity contribution in [2.24, 2.45) is 0 Å². The molecule has 0 bridgehead atoms. The average Bonchev–Trinajstić information content (AvgIpc) is 3.70. The van der Waals surface area contributed by atoms with E-state index in [2.05, 4.69) is 86.8 Å². The van der Waals surface area contributed by atoms with Crippen molar-refractivity contribution in [1.29, 1.82) is 0 Å². The van der Waals surface area contributed by atoms with Crippen molar-refractivity contribution < 1.29 is 14.3 Å². The second-order valence-corrected chi connectivity index (χ2v) is 11.9. The number of ether oxygens (including phenoxy) is 2. The van der Waals surface area contributed by atoms with Crippen molar-refractivity contribution in [2.75, 3.05) is 12.1 Å². The molecule has 0 atom stereocenters. The number of fused-ring (bicyclic) bond motifs is 2. The van der Waals surface area contributed by atoms with Gasteiger partial charge in [0.25, 0.3) is 5.91 Å². The number of hydrogen-bond acceptors (Lipinski definition) is 5. The number of anilines is 1. The molecule has 3 aromatic carbocycles. The van der Waals surface area contributed by atoms with Crippen molar-refractivity contribution >= 4 is 38.9 Å². The number of halogens is 1. The molecule has 0 spiro atoms. The molecular formula is C35H31BrN4O3. The number of aromatic nitrogens is 2. The summed E-state index contributed by atoms with van der Waals surface area (Å²) in [6.45, 7) is 4.84. The largest absolute Gasteiger partial charge is 0.454 e. The minimum Gasteiger partial charge on any atom is -0.454 e. The molecule has 8 heteroatoms. The number of carbonyl (C=O) groups is 1. The monoisotopic (exact) mass is 634 g/mol. The molecule has 1 fully saturated rings. The molecule has 2 aliphatic heterocycles. The highest BCUT2D eigenvalue weighted by atomic mass is 79.9. The second kappa shape index (κ2) is 11.6. The van der Waals surface area contributed by atoms with Gasteiger partial charge >= 0.3 is 0 Å². The molecule has 0 unspecified atom stereocenters. The quantitative estimate of drug-likeness (QED) is 0.190. The summed E-state index contributed by atoms with van der Waals surface area (Å²) in [6, 6.07) is 22.4. The average molecular weight is 636 g/mol. The molecule has 1 amide bonds. The lowest BCUT2D eigenvalue weighted by atomic mass is 9.95. The summed E-state index contributed by atoms with van der Waals surface area (Å²) in [5.41, 5.74) is 8.34. The zero-order valence-corrected chi connectivity index (χ0v) is 25.2. The van der Waals surface area contributed by atoms with E-state index in [0.29, 0.717) is 41.6 Å². The van der Waals surface area contributed by atoms with E-state index in [9.17, 15) is 4.79 Å². The fraction of sp³-hybridized carbons (Fsp3) is 0.200. The van der Waals surface area contributed by atoms with Gasteiger partial charge in [0.15, 0.2) is 11.5 Å². The van der Waals surface area contributed by atoms with Gasteiger partial charge in [-0.25, -0.2) is 4.68 Å². The Balaban J connectivity index is 1.02. The topological polar surface area (TPSA) is 77.4 Å². The number of amides is 1. The standard InChI is InChI=1S/C35H31BrN4O3/c1-22(35(41)39-27-13-15-32-33(18-27)43-21-42-32)16-23-6-8-24(9-7-23)19-37-34-17-26(12-14-31-30(36)20-38-40(31)34)29-5-3-2-4-28(29)25-10-11-25/h2-9,12-13,15,17-18,20,25,37H,1,10-11,14,16,19,21H2,(H,39,41). The molecule has 1 saturated carbocycles. The van der Waals surface area contributed by atoms with Gasteiger partial charge in [-0.2, -0.15) is 5.10 Å². The van der Waals surface area contributed by atoms with Crippen LogP contribution >= 0.6 is 15.9 Å². The first kappa shape index (κ1) is 27.3. The van der Waals surface area contributed by atoms with E-state index >= 15 is 0 Å². The SMILES string of the molecule is C=C(Cc1ccc(CNC2=CC(c3ccccc3C3CC3)=CCc3c(Br)cnn32)cc1)C(=O)Nc1ccc2c(c1)OCO2. The van der Waals surface area contributed by atoms with Crippen LogP contribution in [0.15, 0.2) is 102 Å². The van der Waals surface area contributed by atoms with Crippen LogP contribution in [0.1, 0.15) is 46.7 Å². The van der Waals surface area contributed by atoms with Gasteiger partial charge in [-0.3, -0.25) is 4.79 Å². The Morgan fingerprint density at radius 2 is 1.81 bits per heavy atom. The summed E-state index contributed by atoms with van der Waals surface area (Å²) in [4.78, 5) is 12.8. The first-order valence-corrected chi connectivity index (χ1v) is 15.3. The molecule has 7 nitrogen and oxygen atoms in total. The van der Waals surface area contributed by atoms with E-state index in [-0.39, 0.29) is 12.7 Å². The number of carbonyl (C=O) groups excluding carboxylic acids is 1. The number of allylic oxidation sites excluding steroid dienone is 3. The lowest BCUT2D eigenvalue weighted by Gasteiger charge is -2.15. The van der Waals surface area contributed by atoms with Crippen LogP contribution in [0.2, 0.25) is 0 Å². The lowest BCUT2D eigenvalue weighted by molar-refractivity contribution is -0.112. The van der Waals surface area contributed by atoms with E-state index in [1.165, 1.54) is 29.5 Å². The van der Waals surface area contributed by atoms with Crippen LogP contribution in [0.3, 0.4) is 0 Å². The third-order valence-electron chi connectivity index (χ3n) is 8.01. The zero-order chi connectivity index (χ0) is 29.3. The van der Waals surface area contributed by atoms with Gasteiger partial charge in [-0.1, -0.05) is 61.2 Å². The van der Waals surface area contributed by atoms with Gasteiger partial charge in [0.2, 0.25) is 6.79 Å². The highest BCUT2D eigenvalue weighted by Crippen LogP contribution is 2.44. The van der Waals surface area contributed by atoms with E-state index < -0.39 is 0 Å². The lowest BCUT2D eigenvalue weighted by Crippen LogP contribution is -2.19. The van der Waals surface area contributed by atoms with Crippen molar-refractivity contribution in [3.05, 3.63) is 130 Å². The summed E-state index contributed by atoms with van der Waals surface area (Å²) < 4.78 is 13.7. The molecule has 0 radical (unpaired) electrons. The Morgan fingerprint density at radius 3 is 2.65 bits per heavy atom. The fourth-order valence-electron chi connectivity index (χ4n) is 5.53. The molecule has 43 heavy (non-hydrogen) atoms. The summed E-state index contributed by atoms with van der Waals surface area (Å²) in [5.74, 6) is 2.68. The number of nitrogens with one attached hydrogen (secondary N) is 2. The molecule has 4 aromatic rings. The van der Waals surface area contributed by atoms with E-state index in [1.807, 2.05) is 23.0 Å². The van der Waals surface area contributed by atoms with Crippen molar-refractivity contribution in [3.8, 4) is 11.5 Å². The third kappa shape index (κ3) is 5.88. The minimum absolute atomic E-state index is 0.192. The Bertz CT molecular complexity index is 1780. The fourth-order valence-corrected chi connectivity index (χ4v) is 5.95. The van der Waals surface area contributed by atoms with Crippen LogP contribution in [0.4, 0.5) is 5.69 Å². The predicted molar refractivity (Wildman–Crippen MR) is 172 cm³/mol. The zero-order valence-electron chi connectivity index (χ0n) is 23.6. The summed E-state index contributed by atoms with van der Waals surface area (Å²) >= 11 is 3.69. The molecule has 216 valence electrons. The van der Waals surface area contributed by atoms with Gasteiger partial charge in [0.05, 0.1) is 16.4 Å². The maximum absolute atomic E-state index is 12.8. The molecule has 1 aliphatic carbocycles. The predicted octanol–water partition coefficient (Wildman–Crippen LogP) is 7.22. The summed E-state index contributed by atoms with van der Waals surface area (Å²) in [6.07, 6.45) is 10.1. The summed E-state index contributed by atoms with van der Waals surface area (Å²) in [5, 5.41) is 11.2. The minimum atomic E-state index is -0.224. The molecule has 7 rings (SSSR count). The van der Waals surface area contributed by atoms with E-state index in [0.717, 1.165) is 33.5 Å². The Hall–Kier alpha value is -4.56. The molecule has 3 aliphatic rings. The Labute approximate surface area is 259 Å². The molecular weight excluding hydrogens is 604 g/mol. The number of rotatable bonds is 9. The van der Waals surface area contributed by atoms with E-state index in [1.54, 1.807) is 18.2 Å². The van der Waals surface area contributed by atoms with Gasteiger partial charge in [0, 0.05) is 36.7 Å². The highest BCUT2D eigenvalue weighted by Gasteiger charge is 2.27. The van der Waals surface area contributed by atoms with Crippen LogP contribution in [0, 0.1) is 0 Å². The first-order chi connectivity index (χ1) is 21.0. The Kier molecular flexibility index (Phi) is 7.37. The normalized spacial score (nSPS) is 15.2. The second-order valence-electron chi connectivity index (χ2n) is 11.1. The smallest absolute Gasteiger partial charge is 0.251 e. The molecule has 0 saturated heterocycles. The number of hydrogen-bond donors (Lipinski definition) is 2. The van der Waals surface area contributed by atoms with Crippen LogP contribution in [-0.4, -0.2) is 22.5 Å². The maximum atomic E-state index is 12.8. The molecule has 3 heterocycles. The van der Waals surface area contributed by atoms with Crippen LogP contribution in [0.25, 0.3) is 11.4 Å². The van der Waals surface area contributed by atoms with Crippen molar-refractivity contribution in [2.45, 2.75) is 38.1 Å². The van der Waals surface area contributed by atoms with Gasteiger partial charge in [-0.15, -0.1) is 0 Å².